The number of hydrogen-bond acceptors (Lipinski definition) is 6. The Bertz CT molecular complexity index is 755. The van der Waals surface area contributed by atoms with Crippen LogP contribution in [0.3, 0.4) is 0 Å². The highest BCUT2D eigenvalue weighted by atomic mass is 32.1. The Balaban J connectivity index is 1.99. The van der Waals surface area contributed by atoms with Crippen LogP contribution in [-0.4, -0.2) is 51.6 Å². The minimum Gasteiger partial charge on any atom is -0.467 e. The molecule has 2 amide bonds. The molecule has 0 aliphatic heterocycles. The molecule has 2 rings (SSSR count). The summed E-state index contributed by atoms with van der Waals surface area (Å²) in [5, 5.41) is 5.70. The number of rotatable bonds is 7. The van der Waals surface area contributed by atoms with Crippen molar-refractivity contribution in [3.8, 4) is 0 Å². The molecule has 0 aliphatic carbocycles. The molecule has 0 saturated carbocycles. The van der Waals surface area contributed by atoms with E-state index in [1.54, 1.807) is 35.5 Å². The average Bonchev–Trinajstić information content (AvgIpc) is 3.22. The molecular weight excluding hydrogens is 354 g/mol. The summed E-state index contributed by atoms with van der Waals surface area (Å²) in [5.74, 6) is -0.150. The number of hydrogen-bond donors (Lipinski definition) is 1. The summed E-state index contributed by atoms with van der Waals surface area (Å²) in [6.45, 7) is 4.53. The van der Waals surface area contributed by atoms with Gasteiger partial charge in [-0.15, -0.1) is 11.3 Å². The zero-order valence-corrected chi connectivity index (χ0v) is 16.5. The van der Waals surface area contributed by atoms with E-state index in [0.29, 0.717) is 18.2 Å². The molecule has 9 heteroatoms. The molecule has 0 aromatic carbocycles. The number of nitrogens with zero attached hydrogens (tertiary/aromatic N) is 4. The number of imidazole rings is 1. The van der Waals surface area contributed by atoms with E-state index >= 15 is 0 Å². The van der Waals surface area contributed by atoms with Crippen molar-refractivity contribution in [1.29, 1.82) is 0 Å². The monoisotopic (exact) mass is 379 g/mol. The molecule has 2 aromatic rings. The first-order valence-electron chi connectivity index (χ1n) is 8.30. The van der Waals surface area contributed by atoms with Crippen molar-refractivity contribution in [2.75, 3.05) is 14.2 Å². The number of carbonyl (C=O) groups is 2. The van der Waals surface area contributed by atoms with E-state index in [1.807, 2.05) is 12.4 Å². The normalized spacial score (nSPS) is 12.1. The van der Waals surface area contributed by atoms with Crippen molar-refractivity contribution in [2.24, 2.45) is 7.05 Å². The first-order chi connectivity index (χ1) is 12.3. The van der Waals surface area contributed by atoms with Crippen molar-refractivity contribution < 1.29 is 14.3 Å². The maximum absolute atomic E-state index is 12.5. The second kappa shape index (κ2) is 8.79. The molecule has 0 spiro atoms. The lowest BCUT2D eigenvalue weighted by Crippen LogP contribution is -2.48. The van der Waals surface area contributed by atoms with E-state index in [-0.39, 0.29) is 12.5 Å². The van der Waals surface area contributed by atoms with Crippen LogP contribution in [-0.2, 0) is 29.5 Å². The van der Waals surface area contributed by atoms with Gasteiger partial charge in [0, 0.05) is 38.0 Å². The molecule has 0 aliphatic rings. The third kappa shape index (κ3) is 5.29. The Hall–Kier alpha value is -2.42. The summed E-state index contributed by atoms with van der Waals surface area (Å²) < 4.78 is 6.59. The quantitative estimate of drug-likeness (QED) is 0.743. The van der Waals surface area contributed by atoms with Gasteiger partial charge < -0.3 is 19.5 Å². The van der Waals surface area contributed by atoms with Gasteiger partial charge in [-0.25, -0.2) is 19.6 Å². The molecule has 8 nitrogen and oxygen atoms in total. The number of aryl methyl sites for hydroxylation is 1. The number of thiazole rings is 1. The molecule has 0 saturated heterocycles. The third-order valence-electron chi connectivity index (χ3n) is 3.76. The molecule has 26 heavy (non-hydrogen) atoms. The number of methoxy groups -OCH3 is 1. The van der Waals surface area contributed by atoms with E-state index in [9.17, 15) is 9.59 Å². The van der Waals surface area contributed by atoms with Gasteiger partial charge >= 0.3 is 12.0 Å². The number of esters is 1. The SMILES string of the molecule is COC(=O)[C@H](Cc1cn(C)cn1)NC(=O)N(C)Cc1csc(C(C)C)n1. The standard InChI is InChI=1S/C17H25N5O3S/c1-11(2)15-19-13(9-26-15)8-22(4)17(24)20-14(16(23)25-5)6-12-7-21(3)10-18-12/h7,9-11,14H,6,8H2,1-5H3,(H,20,24)/t14-/m0/s1. The molecule has 0 radical (unpaired) electrons. The number of urea groups is 1. The Labute approximate surface area is 157 Å². The highest BCUT2D eigenvalue weighted by Crippen LogP contribution is 2.19. The minimum absolute atomic E-state index is 0.265. The Morgan fingerprint density at radius 1 is 1.38 bits per heavy atom. The second-order valence-electron chi connectivity index (χ2n) is 6.45. The third-order valence-corrected chi connectivity index (χ3v) is 4.96. The molecule has 0 unspecified atom stereocenters. The molecular formula is C17H25N5O3S. The van der Waals surface area contributed by atoms with Crippen molar-refractivity contribution in [2.45, 2.75) is 38.8 Å². The summed E-state index contributed by atoms with van der Waals surface area (Å²) in [6.07, 6.45) is 3.71. The van der Waals surface area contributed by atoms with E-state index in [1.165, 1.54) is 12.0 Å². The summed E-state index contributed by atoms with van der Waals surface area (Å²) in [5.41, 5.74) is 1.53. The Morgan fingerprint density at radius 2 is 2.12 bits per heavy atom. The predicted octanol–water partition coefficient (Wildman–Crippen LogP) is 1.93. The van der Waals surface area contributed by atoms with Gasteiger partial charge in [0.2, 0.25) is 0 Å². The van der Waals surface area contributed by atoms with Gasteiger partial charge in [-0.3, -0.25) is 0 Å². The van der Waals surface area contributed by atoms with E-state index in [2.05, 4.69) is 29.1 Å². The van der Waals surface area contributed by atoms with Gasteiger partial charge in [0.25, 0.3) is 0 Å². The smallest absolute Gasteiger partial charge is 0.328 e. The molecule has 142 valence electrons. The predicted molar refractivity (Wildman–Crippen MR) is 98.9 cm³/mol. The summed E-state index contributed by atoms with van der Waals surface area (Å²) in [7, 11) is 4.81. The van der Waals surface area contributed by atoms with Crippen LogP contribution in [0, 0.1) is 0 Å². The Kier molecular flexibility index (Phi) is 6.73. The maximum Gasteiger partial charge on any atom is 0.328 e. The fourth-order valence-corrected chi connectivity index (χ4v) is 3.18. The minimum atomic E-state index is -0.800. The molecule has 1 atom stereocenters. The number of amides is 2. The lowest BCUT2D eigenvalue weighted by Gasteiger charge is -2.21. The van der Waals surface area contributed by atoms with E-state index in [0.717, 1.165) is 10.7 Å². The summed E-state index contributed by atoms with van der Waals surface area (Å²) in [4.78, 5) is 34.7. The summed E-state index contributed by atoms with van der Waals surface area (Å²) in [6, 6.07) is -1.16. The van der Waals surface area contributed by atoms with Crippen LogP contribution >= 0.6 is 11.3 Å². The number of nitrogens with one attached hydrogen (secondary N) is 1. The highest BCUT2D eigenvalue weighted by Gasteiger charge is 2.24. The number of aromatic nitrogens is 3. The van der Waals surface area contributed by atoms with Crippen LogP contribution in [0.4, 0.5) is 4.79 Å². The molecule has 0 fully saturated rings. The number of carbonyl (C=O) groups excluding carboxylic acids is 2. The van der Waals surface area contributed by atoms with E-state index < -0.39 is 12.0 Å². The highest BCUT2D eigenvalue weighted by molar-refractivity contribution is 7.09. The zero-order chi connectivity index (χ0) is 19.3. The van der Waals surface area contributed by atoms with Gasteiger partial charge in [-0.05, 0) is 0 Å². The van der Waals surface area contributed by atoms with Gasteiger partial charge in [0.05, 0.1) is 36.4 Å². The van der Waals surface area contributed by atoms with Crippen LogP contribution in [0.25, 0.3) is 0 Å². The molecule has 2 heterocycles. The van der Waals surface area contributed by atoms with Crippen molar-refractivity contribution in [1.82, 2.24) is 24.8 Å². The van der Waals surface area contributed by atoms with Crippen LogP contribution < -0.4 is 5.32 Å². The molecule has 0 bridgehead atoms. The van der Waals surface area contributed by atoms with E-state index in [4.69, 9.17) is 4.74 Å². The van der Waals surface area contributed by atoms with Crippen molar-refractivity contribution >= 4 is 23.3 Å². The van der Waals surface area contributed by atoms with Crippen molar-refractivity contribution in [3.63, 3.8) is 0 Å². The van der Waals surface area contributed by atoms with Crippen LogP contribution in [0.1, 0.15) is 36.2 Å². The largest absolute Gasteiger partial charge is 0.467 e. The molecule has 1 N–H and O–H groups in total. The lowest BCUT2D eigenvalue weighted by atomic mass is 10.1. The van der Waals surface area contributed by atoms with Crippen molar-refractivity contribution in [3.05, 3.63) is 34.3 Å². The zero-order valence-electron chi connectivity index (χ0n) is 15.7. The maximum atomic E-state index is 12.5. The Morgan fingerprint density at radius 3 is 2.65 bits per heavy atom. The fraction of sp³-hybridized carbons (Fsp3) is 0.529. The number of ether oxygens (including phenoxy) is 1. The van der Waals surface area contributed by atoms with Crippen LogP contribution in [0.2, 0.25) is 0 Å². The summed E-state index contributed by atoms with van der Waals surface area (Å²) >= 11 is 1.58. The molecule has 2 aromatic heterocycles. The van der Waals surface area contributed by atoms with Crippen LogP contribution in [0.5, 0.6) is 0 Å². The van der Waals surface area contributed by atoms with Gasteiger partial charge in [0.1, 0.15) is 6.04 Å². The topological polar surface area (TPSA) is 89.3 Å². The fourth-order valence-electron chi connectivity index (χ4n) is 2.35. The van der Waals surface area contributed by atoms with Crippen LogP contribution in [0.15, 0.2) is 17.9 Å². The second-order valence-corrected chi connectivity index (χ2v) is 7.34. The average molecular weight is 379 g/mol. The first kappa shape index (κ1) is 19.9. The lowest BCUT2D eigenvalue weighted by molar-refractivity contribution is -0.142. The van der Waals surface area contributed by atoms with Gasteiger partial charge in [-0.1, -0.05) is 13.8 Å². The first-order valence-corrected chi connectivity index (χ1v) is 9.18. The van der Waals surface area contributed by atoms with Gasteiger partial charge in [-0.2, -0.15) is 0 Å². The van der Waals surface area contributed by atoms with Gasteiger partial charge in [0.15, 0.2) is 0 Å².